The molecule has 0 unspecified atom stereocenters. The number of ether oxygens (including phenoxy) is 2. The highest BCUT2D eigenvalue weighted by Gasteiger charge is 2.31. The van der Waals surface area contributed by atoms with Crippen molar-refractivity contribution in [2.75, 3.05) is 26.0 Å². The molecule has 0 spiro atoms. The van der Waals surface area contributed by atoms with E-state index in [0.717, 1.165) is 5.92 Å². The van der Waals surface area contributed by atoms with Crippen LogP contribution < -0.4 is 10.1 Å². The molecule has 1 aliphatic carbocycles. The van der Waals surface area contributed by atoms with Gasteiger partial charge in [0.05, 0.1) is 18.1 Å². The lowest BCUT2D eigenvalue weighted by Crippen LogP contribution is -2.32. The Kier molecular flexibility index (Phi) is 9.37. The van der Waals surface area contributed by atoms with Gasteiger partial charge >= 0.3 is 12.3 Å². The fraction of sp³-hybridized carbons (Fsp3) is 0.423. The summed E-state index contributed by atoms with van der Waals surface area (Å²) < 4.78 is 45.0. The van der Waals surface area contributed by atoms with Gasteiger partial charge in [-0.15, -0.1) is 13.2 Å². The number of nitrogens with one attached hydrogen (secondary N) is 2. The Morgan fingerprint density at radius 3 is 2.35 bits per heavy atom. The number of hydrogen-bond donors (Lipinski definition) is 2. The Morgan fingerprint density at radius 1 is 1.11 bits per heavy atom. The molecule has 1 saturated carbocycles. The second-order valence-electron chi connectivity index (χ2n) is 9.00. The van der Waals surface area contributed by atoms with E-state index in [1.807, 2.05) is 0 Å². The molecule has 0 radical (unpaired) electrons. The molecule has 0 bridgehead atoms. The number of carbonyl (C=O) groups is 2. The van der Waals surface area contributed by atoms with Gasteiger partial charge in [-0.05, 0) is 48.4 Å². The number of amides is 1. The number of carbonyl (C=O) groups excluding carboxylic acids is 2. The molecule has 1 amide bonds. The largest absolute Gasteiger partial charge is 0.573 e. The van der Waals surface area contributed by atoms with Gasteiger partial charge < -0.3 is 24.7 Å². The molecule has 4 rings (SSSR count). The van der Waals surface area contributed by atoms with E-state index < -0.39 is 12.3 Å². The SMILES string of the molecule is CC1CCCCC1.COC(=O)CN(C)C(=O)c1ccc2nc(Nc3ccc(OC(F)(F)F)cc3)[nH]c2c1. The van der Waals surface area contributed by atoms with Crippen molar-refractivity contribution in [3.05, 3.63) is 48.0 Å². The molecule has 0 aliphatic heterocycles. The minimum atomic E-state index is -4.76. The summed E-state index contributed by atoms with van der Waals surface area (Å²) in [6.45, 7) is 2.18. The van der Waals surface area contributed by atoms with Crippen LogP contribution in [0.15, 0.2) is 42.5 Å². The van der Waals surface area contributed by atoms with Crippen LogP contribution in [0.3, 0.4) is 0 Å². The third-order valence-corrected chi connectivity index (χ3v) is 5.91. The number of benzene rings is 2. The zero-order valence-corrected chi connectivity index (χ0v) is 21.0. The molecule has 11 heteroatoms. The maximum Gasteiger partial charge on any atom is 0.573 e. The molecular formula is C26H31F3N4O4. The van der Waals surface area contributed by atoms with Crippen LogP contribution in [-0.4, -0.2) is 53.8 Å². The van der Waals surface area contributed by atoms with Crippen molar-refractivity contribution in [3.63, 3.8) is 0 Å². The fourth-order valence-electron chi connectivity index (χ4n) is 3.94. The average Bonchev–Trinajstić information content (AvgIpc) is 3.26. The number of rotatable bonds is 6. The quantitative estimate of drug-likeness (QED) is 0.385. The predicted molar refractivity (Wildman–Crippen MR) is 134 cm³/mol. The monoisotopic (exact) mass is 520 g/mol. The Morgan fingerprint density at radius 2 is 1.78 bits per heavy atom. The number of likely N-dealkylation sites (N-methyl/N-ethyl adjacent to an activating group) is 1. The number of H-pyrrole nitrogens is 1. The summed E-state index contributed by atoms with van der Waals surface area (Å²) in [5, 5.41) is 2.93. The minimum absolute atomic E-state index is 0.183. The van der Waals surface area contributed by atoms with Crippen molar-refractivity contribution in [1.82, 2.24) is 14.9 Å². The number of halogens is 3. The lowest BCUT2D eigenvalue weighted by Gasteiger charge is -2.15. The van der Waals surface area contributed by atoms with Gasteiger partial charge in [-0.25, -0.2) is 4.98 Å². The summed E-state index contributed by atoms with van der Waals surface area (Å²) in [5.74, 6) is 0.130. The first-order valence-electron chi connectivity index (χ1n) is 12.0. The number of methoxy groups -OCH3 is 1. The van der Waals surface area contributed by atoms with Gasteiger partial charge in [0.25, 0.3) is 5.91 Å². The third kappa shape index (κ3) is 8.69. The van der Waals surface area contributed by atoms with Crippen LogP contribution in [0.25, 0.3) is 11.0 Å². The number of hydrogen-bond acceptors (Lipinski definition) is 6. The number of anilines is 2. The van der Waals surface area contributed by atoms with Crippen LogP contribution in [0.5, 0.6) is 5.75 Å². The van der Waals surface area contributed by atoms with Crippen LogP contribution in [0.2, 0.25) is 0 Å². The molecule has 1 fully saturated rings. The smallest absolute Gasteiger partial charge is 0.468 e. The van der Waals surface area contributed by atoms with Crippen molar-refractivity contribution in [1.29, 1.82) is 0 Å². The lowest BCUT2D eigenvalue weighted by atomic mass is 9.91. The van der Waals surface area contributed by atoms with Crippen LogP contribution >= 0.6 is 0 Å². The highest BCUT2D eigenvalue weighted by Crippen LogP contribution is 2.26. The first kappa shape index (κ1) is 27.8. The van der Waals surface area contributed by atoms with Crippen molar-refractivity contribution in [2.45, 2.75) is 45.4 Å². The van der Waals surface area contributed by atoms with Gasteiger partial charge in [-0.1, -0.05) is 39.0 Å². The average molecular weight is 521 g/mol. The second-order valence-corrected chi connectivity index (χ2v) is 9.00. The summed E-state index contributed by atoms with van der Waals surface area (Å²) in [6, 6.07) is 9.96. The number of imidazole rings is 1. The number of fused-ring (bicyclic) bond motifs is 1. The summed E-state index contributed by atoms with van der Waals surface area (Å²) >= 11 is 0. The zero-order valence-electron chi connectivity index (χ0n) is 21.0. The molecule has 200 valence electrons. The molecule has 0 saturated heterocycles. The van der Waals surface area contributed by atoms with Crippen LogP contribution in [0.4, 0.5) is 24.8 Å². The van der Waals surface area contributed by atoms with Crippen LogP contribution in [0, 0.1) is 5.92 Å². The van der Waals surface area contributed by atoms with Gasteiger partial charge in [-0.3, -0.25) is 9.59 Å². The highest BCUT2D eigenvalue weighted by molar-refractivity contribution is 5.98. The molecule has 37 heavy (non-hydrogen) atoms. The molecule has 2 aromatic carbocycles. The number of esters is 1. The standard InChI is InChI=1S/C19H17F3N4O4.C7H14/c1-26(10-16(27)29-2)17(28)11-3-8-14-15(9-11)25-18(24-14)23-12-4-6-13(7-5-12)30-19(20,21)22;1-7-5-3-2-4-6-7/h3-9H,10H2,1-2H3,(H2,23,24,25);7H,2-6H2,1H3. The molecule has 3 aromatic rings. The van der Waals surface area contributed by atoms with E-state index in [4.69, 9.17) is 0 Å². The van der Waals surface area contributed by atoms with E-state index >= 15 is 0 Å². The van der Waals surface area contributed by atoms with Crippen molar-refractivity contribution >= 4 is 34.5 Å². The first-order chi connectivity index (χ1) is 17.5. The maximum absolute atomic E-state index is 12.4. The lowest BCUT2D eigenvalue weighted by molar-refractivity contribution is -0.274. The number of alkyl halides is 3. The zero-order chi connectivity index (χ0) is 27.0. The third-order valence-electron chi connectivity index (χ3n) is 5.91. The summed E-state index contributed by atoms with van der Waals surface area (Å²) in [4.78, 5) is 32.3. The van der Waals surface area contributed by atoms with Gasteiger partial charge in [-0.2, -0.15) is 0 Å². The Bertz CT molecular complexity index is 1190. The number of aromatic nitrogens is 2. The molecule has 8 nitrogen and oxygen atoms in total. The normalized spacial score (nSPS) is 13.9. The molecule has 1 heterocycles. The Balaban J connectivity index is 0.000000468. The predicted octanol–water partition coefficient (Wildman–Crippen LogP) is 6.04. The van der Waals surface area contributed by atoms with Crippen molar-refractivity contribution in [3.8, 4) is 5.75 Å². The Hall–Kier alpha value is -3.76. The van der Waals surface area contributed by atoms with Gasteiger partial charge in [0, 0.05) is 18.3 Å². The van der Waals surface area contributed by atoms with E-state index in [9.17, 15) is 22.8 Å². The Labute approximate surface area is 213 Å². The fourth-order valence-corrected chi connectivity index (χ4v) is 3.94. The number of nitrogens with zero attached hydrogens (tertiary/aromatic N) is 2. The molecule has 1 aliphatic rings. The van der Waals surface area contributed by atoms with Crippen LogP contribution in [0.1, 0.15) is 49.4 Å². The molecule has 1 aromatic heterocycles. The molecule has 2 N–H and O–H groups in total. The summed E-state index contributed by atoms with van der Waals surface area (Å²) in [7, 11) is 2.72. The van der Waals surface area contributed by atoms with Gasteiger partial charge in [0.2, 0.25) is 5.95 Å². The van der Waals surface area contributed by atoms with E-state index in [-0.39, 0.29) is 18.2 Å². The van der Waals surface area contributed by atoms with E-state index in [1.165, 1.54) is 75.4 Å². The second kappa shape index (κ2) is 12.5. The van der Waals surface area contributed by atoms with Gasteiger partial charge in [0.15, 0.2) is 0 Å². The summed E-state index contributed by atoms with van der Waals surface area (Å²) in [5.41, 5.74) is 1.96. The maximum atomic E-state index is 12.4. The topological polar surface area (TPSA) is 96.6 Å². The number of aromatic amines is 1. The van der Waals surface area contributed by atoms with E-state index in [0.29, 0.717) is 28.2 Å². The van der Waals surface area contributed by atoms with Gasteiger partial charge in [0.1, 0.15) is 12.3 Å². The van der Waals surface area contributed by atoms with Crippen LogP contribution in [-0.2, 0) is 9.53 Å². The van der Waals surface area contributed by atoms with E-state index in [2.05, 4.69) is 31.7 Å². The minimum Gasteiger partial charge on any atom is -0.468 e. The molecular weight excluding hydrogens is 489 g/mol. The summed E-state index contributed by atoms with van der Waals surface area (Å²) in [6.07, 6.45) is 2.68. The molecule has 0 atom stereocenters. The highest BCUT2D eigenvalue weighted by atomic mass is 19.4. The van der Waals surface area contributed by atoms with Crippen molar-refractivity contribution < 1.29 is 32.2 Å². The van der Waals surface area contributed by atoms with E-state index in [1.54, 1.807) is 18.2 Å². The first-order valence-corrected chi connectivity index (χ1v) is 12.0. The van der Waals surface area contributed by atoms with Crippen molar-refractivity contribution in [2.24, 2.45) is 5.92 Å².